The Morgan fingerprint density at radius 1 is 1.50 bits per heavy atom. The zero-order valence-corrected chi connectivity index (χ0v) is 12.5. The van der Waals surface area contributed by atoms with Crippen LogP contribution in [0.25, 0.3) is 0 Å². The summed E-state index contributed by atoms with van der Waals surface area (Å²) in [6, 6.07) is 1.88. The van der Waals surface area contributed by atoms with Gasteiger partial charge >= 0.3 is 0 Å². The first kappa shape index (κ1) is 14.8. The zero-order chi connectivity index (χ0) is 14.6. The minimum atomic E-state index is -0.0643. The lowest BCUT2D eigenvalue weighted by molar-refractivity contribution is 0.0938. The van der Waals surface area contributed by atoms with E-state index in [1.54, 1.807) is 13.3 Å². The number of aryl methyl sites for hydroxylation is 1. The third-order valence-electron chi connectivity index (χ3n) is 3.97. The molecule has 0 unspecified atom stereocenters. The highest BCUT2D eigenvalue weighted by Crippen LogP contribution is 2.48. The van der Waals surface area contributed by atoms with Gasteiger partial charge in [0, 0.05) is 39.2 Å². The molecule has 2 rings (SSSR count). The first-order valence-corrected chi connectivity index (χ1v) is 7.02. The number of anilines is 1. The number of carbonyl (C=O) groups is 1. The van der Waals surface area contributed by atoms with Crippen LogP contribution in [0, 0.1) is 12.3 Å². The summed E-state index contributed by atoms with van der Waals surface area (Å²) in [4.78, 5) is 16.5. The van der Waals surface area contributed by atoms with E-state index in [0.29, 0.717) is 12.1 Å². The van der Waals surface area contributed by atoms with Crippen molar-refractivity contribution in [2.75, 3.05) is 32.6 Å². The molecule has 1 fully saturated rings. The first-order chi connectivity index (χ1) is 9.60. The number of hydrogen-bond donors (Lipinski definition) is 2. The molecule has 5 nitrogen and oxygen atoms in total. The van der Waals surface area contributed by atoms with E-state index >= 15 is 0 Å². The lowest BCUT2D eigenvalue weighted by Gasteiger charge is -2.16. The number of amides is 1. The summed E-state index contributed by atoms with van der Waals surface area (Å²) in [7, 11) is 3.53. The molecule has 0 aliphatic heterocycles. The van der Waals surface area contributed by atoms with E-state index in [1.807, 2.05) is 20.0 Å². The number of pyridine rings is 1. The van der Waals surface area contributed by atoms with Gasteiger partial charge in [0.05, 0.1) is 11.3 Å². The zero-order valence-electron chi connectivity index (χ0n) is 12.5. The van der Waals surface area contributed by atoms with Crippen LogP contribution in [0.1, 0.15) is 35.3 Å². The molecule has 1 amide bonds. The molecule has 1 aromatic rings. The van der Waals surface area contributed by atoms with Gasteiger partial charge in [0.1, 0.15) is 0 Å². The number of nitrogens with zero attached hydrogens (tertiary/aromatic N) is 1. The second kappa shape index (κ2) is 6.22. The van der Waals surface area contributed by atoms with Gasteiger partial charge in [-0.1, -0.05) is 0 Å². The van der Waals surface area contributed by atoms with Crippen molar-refractivity contribution in [1.82, 2.24) is 10.3 Å². The van der Waals surface area contributed by atoms with Gasteiger partial charge in [-0.25, -0.2) is 0 Å². The Balaban J connectivity index is 1.95. The molecule has 1 heterocycles. The van der Waals surface area contributed by atoms with E-state index in [0.717, 1.165) is 24.4 Å². The molecule has 0 bridgehead atoms. The van der Waals surface area contributed by atoms with Gasteiger partial charge in [-0.2, -0.15) is 0 Å². The van der Waals surface area contributed by atoms with Crippen molar-refractivity contribution < 1.29 is 9.53 Å². The van der Waals surface area contributed by atoms with Crippen molar-refractivity contribution in [1.29, 1.82) is 0 Å². The summed E-state index contributed by atoms with van der Waals surface area (Å²) in [6.45, 7) is 3.38. The Bertz CT molecular complexity index is 484. The van der Waals surface area contributed by atoms with Crippen LogP contribution in [0.2, 0.25) is 0 Å². The smallest absolute Gasteiger partial charge is 0.254 e. The van der Waals surface area contributed by atoms with E-state index in [9.17, 15) is 4.79 Å². The van der Waals surface area contributed by atoms with E-state index in [2.05, 4.69) is 15.6 Å². The fraction of sp³-hybridized carbons (Fsp3) is 0.600. The van der Waals surface area contributed by atoms with Crippen molar-refractivity contribution in [2.45, 2.75) is 26.2 Å². The minimum absolute atomic E-state index is 0.0643. The summed E-state index contributed by atoms with van der Waals surface area (Å²) < 4.78 is 5.13. The lowest BCUT2D eigenvalue weighted by atomic mass is 10.0. The fourth-order valence-electron chi connectivity index (χ4n) is 2.32. The van der Waals surface area contributed by atoms with Crippen LogP contribution in [-0.2, 0) is 4.74 Å². The third-order valence-corrected chi connectivity index (χ3v) is 3.97. The molecule has 0 radical (unpaired) electrons. The van der Waals surface area contributed by atoms with Gasteiger partial charge in [-0.15, -0.1) is 0 Å². The maximum atomic E-state index is 12.3. The van der Waals surface area contributed by atoms with Crippen molar-refractivity contribution in [3.8, 4) is 0 Å². The van der Waals surface area contributed by atoms with Crippen LogP contribution in [0.3, 0.4) is 0 Å². The van der Waals surface area contributed by atoms with Crippen molar-refractivity contribution in [3.05, 3.63) is 23.5 Å². The second-order valence-corrected chi connectivity index (χ2v) is 5.55. The summed E-state index contributed by atoms with van der Waals surface area (Å²) >= 11 is 0. The Morgan fingerprint density at radius 3 is 2.85 bits per heavy atom. The van der Waals surface area contributed by atoms with Crippen LogP contribution in [0.4, 0.5) is 5.69 Å². The highest BCUT2D eigenvalue weighted by Gasteiger charge is 2.42. The standard InChI is InChI=1S/C15H23N3O2/c1-11-8-13(16-2)12(9-17-11)14(19)18-10-15(4-5-15)6-7-20-3/h8-9H,4-7,10H2,1-3H3,(H,16,17)(H,18,19). The number of ether oxygens (including phenoxy) is 1. The van der Waals surface area contributed by atoms with Crippen molar-refractivity contribution in [3.63, 3.8) is 0 Å². The van der Waals surface area contributed by atoms with Crippen molar-refractivity contribution >= 4 is 11.6 Å². The van der Waals surface area contributed by atoms with E-state index < -0.39 is 0 Å². The number of carbonyl (C=O) groups excluding carboxylic acids is 1. The molecular weight excluding hydrogens is 254 g/mol. The molecular formula is C15H23N3O2. The number of methoxy groups -OCH3 is 1. The SMILES string of the molecule is CNc1cc(C)ncc1C(=O)NCC1(CCOC)CC1. The van der Waals surface area contributed by atoms with Crippen molar-refractivity contribution in [2.24, 2.45) is 5.41 Å². The quantitative estimate of drug-likeness (QED) is 0.800. The number of nitrogens with one attached hydrogen (secondary N) is 2. The average molecular weight is 277 g/mol. The largest absolute Gasteiger partial charge is 0.387 e. The van der Waals surface area contributed by atoms with Crippen LogP contribution in [-0.4, -0.2) is 38.2 Å². The van der Waals surface area contributed by atoms with Gasteiger partial charge in [-0.05, 0) is 37.7 Å². The maximum absolute atomic E-state index is 12.3. The second-order valence-electron chi connectivity index (χ2n) is 5.55. The number of rotatable bonds is 7. The summed E-state index contributed by atoms with van der Waals surface area (Å²) in [6.07, 6.45) is 4.98. The molecule has 110 valence electrons. The molecule has 1 aliphatic carbocycles. The average Bonchev–Trinajstić information content (AvgIpc) is 3.23. The Kier molecular flexibility index (Phi) is 4.60. The van der Waals surface area contributed by atoms with E-state index in [-0.39, 0.29) is 11.3 Å². The molecule has 1 aliphatic rings. The van der Waals surface area contributed by atoms with Crippen LogP contribution in [0.5, 0.6) is 0 Å². The molecule has 0 atom stereocenters. The molecule has 0 aromatic carbocycles. The molecule has 2 N–H and O–H groups in total. The summed E-state index contributed by atoms with van der Waals surface area (Å²) in [5, 5.41) is 6.07. The van der Waals surface area contributed by atoms with Gasteiger partial charge < -0.3 is 15.4 Å². The lowest BCUT2D eigenvalue weighted by Crippen LogP contribution is -2.31. The van der Waals surface area contributed by atoms with Gasteiger partial charge in [-0.3, -0.25) is 9.78 Å². The Morgan fingerprint density at radius 2 is 2.25 bits per heavy atom. The van der Waals surface area contributed by atoms with Gasteiger partial charge in [0.25, 0.3) is 5.91 Å². The third kappa shape index (κ3) is 3.48. The fourth-order valence-corrected chi connectivity index (χ4v) is 2.32. The first-order valence-electron chi connectivity index (χ1n) is 7.02. The molecule has 1 saturated carbocycles. The van der Waals surface area contributed by atoms with Gasteiger partial charge in [0.15, 0.2) is 0 Å². The monoisotopic (exact) mass is 277 g/mol. The predicted octanol–water partition coefficient (Wildman–Crippen LogP) is 1.98. The maximum Gasteiger partial charge on any atom is 0.254 e. The topological polar surface area (TPSA) is 63.2 Å². The van der Waals surface area contributed by atoms with Crippen LogP contribution < -0.4 is 10.6 Å². The molecule has 0 spiro atoms. The normalized spacial score (nSPS) is 15.8. The summed E-state index contributed by atoms with van der Waals surface area (Å²) in [5.41, 5.74) is 2.56. The van der Waals surface area contributed by atoms with E-state index in [1.165, 1.54) is 12.8 Å². The number of aromatic nitrogens is 1. The Labute approximate surface area is 120 Å². The molecule has 5 heteroatoms. The molecule has 0 saturated heterocycles. The van der Waals surface area contributed by atoms with Gasteiger partial charge in [0.2, 0.25) is 0 Å². The van der Waals surface area contributed by atoms with E-state index in [4.69, 9.17) is 4.74 Å². The highest BCUT2D eigenvalue weighted by atomic mass is 16.5. The predicted molar refractivity (Wildman–Crippen MR) is 79.0 cm³/mol. The van der Waals surface area contributed by atoms with Crippen LogP contribution in [0.15, 0.2) is 12.3 Å². The number of hydrogen-bond acceptors (Lipinski definition) is 4. The molecule has 1 aromatic heterocycles. The van der Waals surface area contributed by atoms with Crippen LogP contribution >= 0.6 is 0 Å². The summed E-state index contributed by atoms with van der Waals surface area (Å²) in [5.74, 6) is -0.0643. The highest BCUT2D eigenvalue weighted by molar-refractivity contribution is 5.99. The Hall–Kier alpha value is -1.62. The molecule has 20 heavy (non-hydrogen) atoms. The minimum Gasteiger partial charge on any atom is -0.387 e.